The van der Waals surface area contributed by atoms with Gasteiger partial charge in [-0.05, 0) is 90.6 Å². The number of rotatable bonds is 2. The topological polar surface area (TPSA) is 87.7 Å². The van der Waals surface area contributed by atoms with E-state index in [-0.39, 0.29) is 17.5 Å². The lowest BCUT2D eigenvalue weighted by atomic mass is 9.34. The first-order valence-corrected chi connectivity index (χ1v) is 19.2. The highest BCUT2D eigenvalue weighted by Crippen LogP contribution is 2.42. The molecule has 0 spiro atoms. The van der Waals surface area contributed by atoms with Crippen molar-refractivity contribution in [1.29, 1.82) is 0 Å². The van der Waals surface area contributed by atoms with Gasteiger partial charge < -0.3 is 8.83 Å². The molecule has 2 aliphatic rings. The van der Waals surface area contributed by atoms with E-state index >= 15 is 0 Å². The third-order valence-corrected chi connectivity index (χ3v) is 11.8. The molecule has 4 aromatic heterocycles. The Morgan fingerprint density at radius 3 is 1.27 bits per heavy atom. The smallest absolute Gasteiger partial charge is 0.252 e. The van der Waals surface area contributed by atoms with Crippen LogP contribution in [0.1, 0.15) is 75.6 Å². The summed E-state index contributed by atoms with van der Waals surface area (Å²) in [6.07, 6.45) is 0. The highest BCUT2D eigenvalue weighted by atomic mass is 16.4. The normalized spacial score (nSPS) is 13.6. The Labute approximate surface area is 319 Å². The maximum Gasteiger partial charge on any atom is 0.252 e. The second-order valence-electron chi connectivity index (χ2n) is 17.8. The molecular formula is C46H41BN6O2. The van der Waals surface area contributed by atoms with Crippen molar-refractivity contribution in [2.24, 2.45) is 0 Å². The molecule has 0 amide bonds. The van der Waals surface area contributed by atoms with Crippen molar-refractivity contribution in [1.82, 2.24) is 29.1 Å². The molecule has 9 aromatic rings. The molecule has 5 aromatic carbocycles. The zero-order valence-electron chi connectivity index (χ0n) is 32.9. The number of fused-ring (bicyclic) bond motifs is 8. The van der Waals surface area contributed by atoms with Crippen LogP contribution in [0.5, 0.6) is 0 Å². The van der Waals surface area contributed by atoms with E-state index in [9.17, 15) is 0 Å². The molecule has 0 bridgehead atoms. The lowest BCUT2D eigenvalue weighted by Crippen LogP contribution is -2.59. The van der Waals surface area contributed by atoms with E-state index < -0.39 is 0 Å². The minimum atomic E-state index is -0.282. The van der Waals surface area contributed by atoms with Crippen LogP contribution in [0.4, 0.5) is 0 Å². The summed E-state index contributed by atoms with van der Waals surface area (Å²) < 4.78 is 18.1. The monoisotopic (exact) mass is 720 g/mol. The molecule has 2 aliphatic heterocycles. The summed E-state index contributed by atoms with van der Waals surface area (Å²) in [6, 6.07) is 24.1. The number of hydrogen-bond acceptors (Lipinski definition) is 6. The first-order chi connectivity index (χ1) is 26.2. The Hall–Kier alpha value is -5.96. The lowest BCUT2D eigenvalue weighted by molar-refractivity contribution is 0.411. The van der Waals surface area contributed by atoms with Gasteiger partial charge in [0.1, 0.15) is 33.7 Å². The molecule has 270 valence electrons. The number of oxazole rings is 2. The largest absolute Gasteiger partial charge is 0.440 e. The van der Waals surface area contributed by atoms with Crippen LogP contribution >= 0.6 is 0 Å². The fraction of sp³-hybridized carbons (Fsp3) is 0.261. The number of nitrogens with zero attached hydrogens (tertiary/aromatic N) is 6. The van der Waals surface area contributed by atoms with Gasteiger partial charge >= 0.3 is 0 Å². The van der Waals surface area contributed by atoms with Crippen LogP contribution in [0.2, 0.25) is 0 Å². The molecule has 0 fully saturated rings. The van der Waals surface area contributed by atoms with Crippen LogP contribution < -0.4 is 16.4 Å². The first kappa shape index (κ1) is 32.5. The molecule has 55 heavy (non-hydrogen) atoms. The van der Waals surface area contributed by atoms with E-state index in [1.807, 2.05) is 0 Å². The van der Waals surface area contributed by atoms with Gasteiger partial charge in [0.2, 0.25) is 11.8 Å². The molecule has 0 N–H and O–H groups in total. The van der Waals surface area contributed by atoms with E-state index in [1.165, 1.54) is 27.7 Å². The molecule has 6 heterocycles. The fourth-order valence-corrected chi connectivity index (χ4v) is 9.25. The minimum Gasteiger partial charge on any atom is -0.440 e. The van der Waals surface area contributed by atoms with E-state index in [2.05, 4.69) is 145 Å². The summed E-state index contributed by atoms with van der Waals surface area (Å²) in [5.74, 6) is 3.20. The zero-order chi connectivity index (χ0) is 38.0. The van der Waals surface area contributed by atoms with Gasteiger partial charge in [0.05, 0.1) is 11.0 Å². The molecule has 11 rings (SSSR count). The second-order valence-corrected chi connectivity index (χ2v) is 17.8. The van der Waals surface area contributed by atoms with Crippen molar-refractivity contribution in [2.45, 2.75) is 80.1 Å². The average molecular weight is 721 g/mol. The lowest BCUT2D eigenvalue weighted by Gasteiger charge is -2.33. The van der Waals surface area contributed by atoms with Gasteiger partial charge in [-0.1, -0.05) is 84.0 Å². The van der Waals surface area contributed by atoms with Crippen molar-refractivity contribution < 1.29 is 8.83 Å². The van der Waals surface area contributed by atoms with Gasteiger partial charge in [-0.2, -0.15) is 0 Å². The van der Waals surface area contributed by atoms with E-state index in [1.54, 1.807) is 0 Å². The Kier molecular flexibility index (Phi) is 6.15. The van der Waals surface area contributed by atoms with E-state index in [4.69, 9.17) is 28.8 Å². The van der Waals surface area contributed by atoms with Gasteiger partial charge in [-0.3, -0.25) is 9.13 Å². The van der Waals surface area contributed by atoms with Crippen LogP contribution in [-0.2, 0) is 10.8 Å². The Bertz CT molecular complexity index is 2930. The zero-order valence-corrected chi connectivity index (χ0v) is 32.9. The number of hydrogen-bond donors (Lipinski definition) is 0. The highest BCUT2D eigenvalue weighted by molar-refractivity contribution is 7.00. The van der Waals surface area contributed by atoms with Gasteiger partial charge in [0, 0.05) is 33.3 Å². The molecule has 8 nitrogen and oxygen atoms in total. The van der Waals surface area contributed by atoms with Crippen molar-refractivity contribution in [3.63, 3.8) is 0 Å². The Morgan fingerprint density at radius 2 is 0.891 bits per heavy atom. The van der Waals surface area contributed by atoms with Gasteiger partial charge in [0.15, 0.2) is 11.2 Å². The summed E-state index contributed by atoms with van der Waals surface area (Å²) in [5, 5.41) is 0. The third-order valence-electron chi connectivity index (χ3n) is 11.8. The third kappa shape index (κ3) is 4.18. The average Bonchev–Trinajstić information content (AvgIpc) is 3.91. The summed E-state index contributed by atoms with van der Waals surface area (Å²) in [4.78, 5) is 21.4. The number of aromatic nitrogens is 6. The summed E-state index contributed by atoms with van der Waals surface area (Å²) >= 11 is 0. The molecule has 0 unspecified atom stereocenters. The summed E-state index contributed by atoms with van der Waals surface area (Å²) in [7, 11) is 0. The van der Waals surface area contributed by atoms with Gasteiger partial charge in [0.25, 0.3) is 6.71 Å². The maximum atomic E-state index is 6.67. The SMILES string of the molecule is Cc1cccc(C)c1-c1nc2c3nc(C(C)(C)C)oc3cc3c2n1-c1cccc2c1B3c1cc3oc(C(C)(C)C)nc3c3nc(-c4c(C)cccc4C)n-2c13. The predicted molar refractivity (Wildman–Crippen MR) is 223 cm³/mol. The van der Waals surface area contributed by atoms with Crippen molar-refractivity contribution in [3.8, 4) is 34.2 Å². The maximum absolute atomic E-state index is 6.67. The number of imidazole rings is 2. The van der Waals surface area contributed by atoms with Crippen LogP contribution in [-0.4, -0.2) is 35.8 Å². The highest BCUT2D eigenvalue weighted by Gasteiger charge is 2.44. The Balaban J connectivity index is 1.35. The molecule has 0 aliphatic carbocycles. The van der Waals surface area contributed by atoms with Crippen LogP contribution in [0, 0.1) is 27.7 Å². The molecule has 0 atom stereocenters. The van der Waals surface area contributed by atoms with Gasteiger partial charge in [-0.25, -0.2) is 19.9 Å². The predicted octanol–water partition coefficient (Wildman–Crippen LogP) is 8.95. The first-order valence-electron chi connectivity index (χ1n) is 19.2. The van der Waals surface area contributed by atoms with E-state index in [0.29, 0.717) is 11.8 Å². The van der Waals surface area contributed by atoms with Crippen LogP contribution in [0.25, 0.3) is 78.4 Å². The van der Waals surface area contributed by atoms with E-state index in [0.717, 1.165) is 89.3 Å². The second kappa shape index (κ2) is 10.4. The van der Waals surface area contributed by atoms with Gasteiger partial charge in [-0.15, -0.1) is 0 Å². The summed E-state index contributed by atoms with van der Waals surface area (Å²) in [5.41, 5.74) is 18.9. The fourth-order valence-electron chi connectivity index (χ4n) is 9.25. The number of aryl methyl sites for hydroxylation is 4. The van der Waals surface area contributed by atoms with Crippen LogP contribution in [0.3, 0.4) is 0 Å². The Morgan fingerprint density at radius 1 is 0.509 bits per heavy atom. The standard InChI is InChI=1S/C46H41BN6O2/c1-22-14-11-15-23(2)32(22)41-48-37-35-30(54-43(50-35)45(5,6)7)20-26-39(37)52(41)28-18-13-19-29-34(28)47(26)27-21-31-36(51-44(55-31)46(8,9)10)38-40(27)53(29)42(49-38)33-24(3)16-12-17-25(33)4/h11-21H,1-10H3. The molecule has 0 saturated carbocycles. The molecule has 9 heteroatoms. The molecule has 0 radical (unpaired) electrons. The summed E-state index contributed by atoms with van der Waals surface area (Å²) in [6.45, 7) is 21.4. The van der Waals surface area contributed by atoms with Crippen molar-refractivity contribution in [3.05, 3.63) is 101 Å². The molecular weight excluding hydrogens is 679 g/mol. The van der Waals surface area contributed by atoms with Crippen molar-refractivity contribution >= 4 is 67.4 Å². The number of benzene rings is 5. The molecule has 0 saturated heterocycles. The van der Waals surface area contributed by atoms with Crippen molar-refractivity contribution in [2.75, 3.05) is 0 Å². The van der Waals surface area contributed by atoms with Crippen LogP contribution in [0.15, 0.2) is 75.6 Å². The minimum absolute atomic E-state index is 0.165. The quantitative estimate of drug-likeness (QED) is 0.166.